The molecule has 1 aromatic carbocycles. The average Bonchev–Trinajstić information content (AvgIpc) is 3.27. The summed E-state index contributed by atoms with van der Waals surface area (Å²) in [7, 11) is -1.71. The molecule has 0 heterocycles. The molecule has 0 unspecified atom stereocenters. The number of nitrogens with one attached hydrogen (secondary N) is 1. The minimum Gasteiger partial charge on any atom is -0.310 e. The zero-order valence-corrected chi connectivity index (χ0v) is 14.0. The minimum absolute atomic E-state index is 0.392. The molecule has 1 N–H and O–H groups in total. The third kappa shape index (κ3) is 4.80. The van der Waals surface area contributed by atoms with E-state index in [0.717, 1.165) is 18.5 Å². The Morgan fingerprint density at radius 1 is 1.33 bits per heavy atom. The summed E-state index contributed by atoms with van der Waals surface area (Å²) in [4.78, 5) is 0.392. The van der Waals surface area contributed by atoms with Gasteiger partial charge >= 0.3 is 0 Å². The van der Waals surface area contributed by atoms with Gasteiger partial charge in [0.25, 0.3) is 0 Å². The van der Waals surface area contributed by atoms with E-state index in [-0.39, 0.29) is 0 Å². The Balaban J connectivity index is 2.05. The molecular weight excluding hydrogens is 284 g/mol. The van der Waals surface area contributed by atoms with Crippen molar-refractivity contribution in [2.45, 2.75) is 50.6 Å². The van der Waals surface area contributed by atoms with Gasteiger partial charge in [0.1, 0.15) is 0 Å². The fourth-order valence-corrected chi connectivity index (χ4v) is 3.36. The van der Waals surface area contributed by atoms with E-state index in [2.05, 4.69) is 19.2 Å². The minimum atomic E-state index is -3.37. The Labute approximate surface area is 128 Å². The highest BCUT2D eigenvalue weighted by molar-refractivity contribution is 7.89. The van der Waals surface area contributed by atoms with Crippen LogP contribution in [0.4, 0.5) is 0 Å². The standard InChI is InChI=1S/C16H26N2O2S/c1-13(2)9-10-18(3)21(19,20)16-6-4-5-14(11-16)12-17-15-7-8-15/h4-6,11,13,15,17H,7-10,12H2,1-3H3. The number of hydrogen-bond acceptors (Lipinski definition) is 3. The molecule has 4 nitrogen and oxygen atoms in total. The molecule has 118 valence electrons. The summed E-state index contributed by atoms with van der Waals surface area (Å²) in [6.45, 7) is 5.50. The molecule has 1 fully saturated rings. The van der Waals surface area contributed by atoms with E-state index >= 15 is 0 Å². The highest BCUT2D eigenvalue weighted by Crippen LogP contribution is 2.21. The summed E-state index contributed by atoms with van der Waals surface area (Å²) in [5.41, 5.74) is 1.03. The van der Waals surface area contributed by atoms with E-state index in [4.69, 9.17) is 0 Å². The van der Waals surface area contributed by atoms with E-state index in [0.29, 0.717) is 23.4 Å². The van der Waals surface area contributed by atoms with Crippen molar-refractivity contribution in [2.75, 3.05) is 13.6 Å². The molecule has 0 radical (unpaired) electrons. The van der Waals surface area contributed by atoms with Crippen molar-refractivity contribution < 1.29 is 8.42 Å². The number of benzene rings is 1. The number of nitrogens with zero attached hydrogens (tertiary/aromatic N) is 1. The van der Waals surface area contributed by atoms with Gasteiger partial charge in [-0.1, -0.05) is 26.0 Å². The van der Waals surface area contributed by atoms with Gasteiger partial charge in [-0.25, -0.2) is 12.7 Å². The second-order valence-electron chi connectivity index (χ2n) is 6.31. The Hall–Kier alpha value is -0.910. The summed E-state index contributed by atoms with van der Waals surface area (Å²) in [5.74, 6) is 0.497. The molecule has 0 aromatic heterocycles. The monoisotopic (exact) mass is 310 g/mol. The van der Waals surface area contributed by atoms with E-state index < -0.39 is 10.0 Å². The lowest BCUT2D eigenvalue weighted by molar-refractivity contribution is 0.428. The van der Waals surface area contributed by atoms with Crippen LogP contribution in [0.25, 0.3) is 0 Å². The average molecular weight is 310 g/mol. The summed E-state index contributed by atoms with van der Waals surface area (Å²) >= 11 is 0. The first kappa shape index (κ1) is 16.5. The molecule has 0 amide bonds. The maximum absolute atomic E-state index is 12.6. The Kier molecular flexibility index (Phi) is 5.41. The van der Waals surface area contributed by atoms with Gasteiger partial charge in [0.05, 0.1) is 4.90 Å². The van der Waals surface area contributed by atoms with Gasteiger partial charge in [0.15, 0.2) is 0 Å². The van der Waals surface area contributed by atoms with E-state index in [1.54, 1.807) is 19.2 Å². The number of sulfonamides is 1. The molecule has 1 aliphatic rings. The van der Waals surface area contributed by atoms with Crippen molar-refractivity contribution in [3.63, 3.8) is 0 Å². The highest BCUT2D eigenvalue weighted by Gasteiger charge is 2.22. The lowest BCUT2D eigenvalue weighted by atomic mass is 10.1. The van der Waals surface area contributed by atoms with E-state index in [1.807, 2.05) is 12.1 Å². The van der Waals surface area contributed by atoms with Crippen molar-refractivity contribution in [1.82, 2.24) is 9.62 Å². The van der Waals surface area contributed by atoms with Gasteiger partial charge in [-0.3, -0.25) is 0 Å². The second kappa shape index (κ2) is 6.90. The summed E-state index contributed by atoms with van der Waals surface area (Å²) in [5, 5.41) is 3.41. The van der Waals surface area contributed by atoms with Crippen LogP contribution in [-0.4, -0.2) is 32.4 Å². The summed E-state index contributed by atoms with van der Waals surface area (Å²) in [6, 6.07) is 7.90. The summed E-state index contributed by atoms with van der Waals surface area (Å²) in [6.07, 6.45) is 3.34. The molecular formula is C16H26N2O2S. The first-order valence-electron chi connectivity index (χ1n) is 7.68. The normalized spacial score (nSPS) is 15.9. The Morgan fingerprint density at radius 3 is 2.67 bits per heavy atom. The van der Waals surface area contributed by atoms with Crippen molar-refractivity contribution in [3.8, 4) is 0 Å². The SMILES string of the molecule is CC(C)CCN(C)S(=O)(=O)c1cccc(CNC2CC2)c1. The van der Waals surface area contributed by atoms with Crippen molar-refractivity contribution in [3.05, 3.63) is 29.8 Å². The van der Waals surface area contributed by atoms with Crippen LogP contribution in [0.3, 0.4) is 0 Å². The fraction of sp³-hybridized carbons (Fsp3) is 0.625. The quantitative estimate of drug-likeness (QED) is 0.803. The van der Waals surface area contributed by atoms with Crippen LogP contribution >= 0.6 is 0 Å². The largest absolute Gasteiger partial charge is 0.310 e. The molecule has 0 saturated heterocycles. The molecule has 21 heavy (non-hydrogen) atoms. The van der Waals surface area contributed by atoms with Crippen LogP contribution < -0.4 is 5.32 Å². The third-order valence-electron chi connectivity index (χ3n) is 3.80. The summed E-state index contributed by atoms with van der Waals surface area (Å²) < 4.78 is 26.6. The predicted molar refractivity (Wildman–Crippen MR) is 85.6 cm³/mol. The smallest absolute Gasteiger partial charge is 0.242 e. The van der Waals surface area contributed by atoms with Gasteiger partial charge < -0.3 is 5.32 Å². The third-order valence-corrected chi connectivity index (χ3v) is 5.65. The molecule has 0 atom stereocenters. The van der Waals surface area contributed by atoms with Gasteiger partial charge in [0.2, 0.25) is 10.0 Å². The van der Waals surface area contributed by atoms with Gasteiger partial charge in [0, 0.05) is 26.2 Å². The lowest BCUT2D eigenvalue weighted by Crippen LogP contribution is -2.28. The molecule has 0 bridgehead atoms. The van der Waals surface area contributed by atoms with Gasteiger partial charge in [-0.15, -0.1) is 0 Å². The highest BCUT2D eigenvalue weighted by atomic mass is 32.2. The molecule has 2 rings (SSSR count). The fourth-order valence-electron chi connectivity index (χ4n) is 2.11. The van der Waals surface area contributed by atoms with Crippen molar-refractivity contribution in [2.24, 2.45) is 5.92 Å². The first-order chi connectivity index (χ1) is 9.89. The maximum atomic E-state index is 12.6. The van der Waals surface area contributed by atoms with Crippen LogP contribution in [-0.2, 0) is 16.6 Å². The second-order valence-corrected chi connectivity index (χ2v) is 8.36. The topological polar surface area (TPSA) is 49.4 Å². The van der Waals surface area contributed by atoms with Crippen molar-refractivity contribution in [1.29, 1.82) is 0 Å². The zero-order valence-electron chi connectivity index (χ0n) is 13.2. The van der Waals surface area contributed by atoms with Crippen LogP contribution in [0.5, 0.6) is 0 Å². The molecule has 1 aromatic rings. The van der Waals surface area contributed by atoms with Crippen LogP contribution in [0.15, 0.2) is 29.2 Å². The van der Waals surface area contributed by atoms with Crippen LogP contribution in [0.1, 0.15) is 38.7 Å². The van der Waals surface area contributed by atoms with Crippen LogP contribution in [0, 0.1) is 5.92 Å². The Bertz CT molecular complexity index is 565. The molecule has 1 aliphatic carbocycles. The predicted octanol–water partition coefficient (Wildman–Crippen LogP) is 2.61. The van der Waals surface area contributed by atoms with E-state index in [1.165, 1.54) is 17.1 Å². The lowest BCUT2D eigenvalue weighted by Gasteiger charge is -2.18. The molecule has 0 spiro atoms. The molecule has 0 aliphatic heterocycles. The van der Waals surface area contributed by atoms with Crippen LogP contribution in [0.2, 0.25) is 0 Å². The van der Waals surface area contributed by atoms with Gasteiger partial charge in [-0.05, 0) is 42.9 Å². The van der Waals surface area contributed by atoms with Gasteiger partial charge in [-0.2, -0.15) is 0 Å². The first-order valence-corrected chi connectivity index (χ1v) is 9.12. The number of rotatable bonds is 8. The number of hydrogen-bond donors (Lipinski definition) is 1. The van der Waals surface area contributed by atoms with E-state index in [9.17, 15) is 8.42 Å². The Morgan fingerprint density at radius 2 is 2.05 bits per heavy atom. The van der Waals surface area contributed by atoms with Crippen molar-refractivity contribution >= 4 is 10.0 Å². The maximum Gasteiger partial charge on any atom is 0.242 e. The molecule has 1 saturated carbocycles. The zero-order chi connectivity index (χ0) is 15.5. The molecule has 5 heteroatoms.